The number of imide groups is 1. The van der Waals surface area contributed by atoms with E-state index in [0.717, 1.165) is 4.90 Å². The van der Waals surface area contributed by atoms with Gasteiger partial charge in [-0.1, -0.05) is 37.6 Å². The Hall–Kier alpha value is -3.39. The van der Waals surface area contributed by atoms with E-state index < -0.39 is 47.0 Å². The fourth-order valence-corrected chi connectivity index (χ4v) is 5.28. The number of fused-ring (bicyclic) bond motifs is 1. The number of benzene rings is 2. The van der Waals surface area contributed by atoms with Gasteiger partial charge in [0.05, 0.1) is 24.1 Å². The van der Waals surface area contributed by atoms with Crippen molar-refractivity contribution in [1.82, 2.24) is 5.32 Å². The average Bonchev–Trinajstić information content (AvgIpc) is 3.28. The third-order valence-corrected chi connectivity index (χ3v) is 6.66. The Bertz CT molecular complexity index is 1170. The van der Waals surface area contributed by atoms with Crippen LogP contribution in [-0.4, -0.2) is 35.7 Å². The first-order valence-corrected chi connectivity index (χ1v) is 11.4. The van der Waals surface area contributed by atoms with Crippen LogP contribution in [0.1, 0.15) is 55.6 Å². The smallest absolute Gasteiger partial charge is 0.327 e. The number of ketones is 1. The number of carbonyl (C=O) groups excluding carboxylic acids is 4. The summed E-state index contributed by atoms with van der Waals surface area (Å²) < 4.78 is 19.5. The van der Waals surface area contributed by atoms with E-state index in [0.29, 0.717) is 17.5 Å². The summed E-state index contributed by atoms with van der Waals surface area (Å²) in [5, 5.41) is 3.23. The van der Waals surface area contributed by atoms with Crippen molar-refractivity contribution in [2.75, 3.05) is 11.5 Å². The van der Waals surface area contributed by atoms with Crippen molar-refractivity contribution in [2.45, 2.75) is 45.2 Å². The molecular weight excluding hydrogens is 439 g/mol. The Kier molecular flexibility index (Phi) is 6.36. The lowest BCUT2D eigenvalue weighted by atomic mass is 9.77. The first-order valence-electron chi connectivity index (χ1n) is 11.4. The van der Waals surface area contributed by atoms with Gasteiger partial charge in [-0.05, 0) is 50.1 Å². The molecule has 4 rings (SSSR count). The summed E-state index contributed by atoms with van der Waals surface area (Å²) in [6, 6.07) is 11.3. The van der Waals surface area contributed by atoms with E-state index in [-0.39, 0.29) is 24.5 Å². The van der Waals surface area contributed by atoms with Crippen LogP contribution in [0.4, 0.5) is 10.1 Å². The van der Waals surface area contributed by atoms with Gasteiger partial charge in [-0.15, -0.1) is 0 Å². The van der Waals surface area contributed by atoms with Crippen molar-refractivity contribution >= 4 is 29.3 Å². The Balaban J connectivity index is 1.87. The highest BCUT2D eigenvalue weighted by atomic mass is 19.1. The maximum atomic E-state index is 14.1. The summed E-state index contributed by atoms with van der Waals surface area (Å²) in [5.74, 6) is -4.30. The zero-order chi connectivity index (χ0) is 24.6. The van der Waals surface area contributed by atoms with Crippen molar-refractivity contribution in [2.24, 2.45) is 11.8 Å². The van der Waals surface area contributed by atoms with Crippen molar-refractivity contribution < 1.29 is 28.3 Å². The number of nitrogens with one attached hydrogen (secondary N) is 1. The Morgan fingerprint density at radius 3 is 2.47 bits per heavy atom. The highest BCUT2D eigenvalue weighted by Gasteiger charge is 2.68. The number of ether oxygens (including phenoxy) is 1. The molecule has 0 radical (unpaired) electrons. The summed E-state index contributed by atoms with van der Waals surface area (Å²) in [6.07, 6.45) is 0.811. The number of carbonyl (C=O) groups is 4. The fourth-order valence-electron chi connectivity index (χ4n) is 5.28. The van der Waals surface area contributed by atoms with Crippen molar-refractivity contribution in [1.29, 1.82) is 0 Å². The number of nitrogens with zero attached hydrogens (tertiary/aromatic N) is 1. The minimum absolute atomic E-state index is 0.112. The molecule has 2 aromatic carbocycles. The molecule has 2 saturated heterocycles. The quantitative estimate of drug-likeness (QED) is 0.381. The number of hydrogen-bond donors (Lipinski definition) is 1. The first kappa shape index (κ1) is 23.8. The van der Waals surface area contributed by atoms with Crippen molar-refractivity contribution in [3.8, 4) is 0 Å². The van der Waals surface area contributed by atoms with E-state index >= 15 is 0 Å². The van der Waals surface area contributed by atoms with Gasteiger partial charge in [0.1, 0.15) is 11.4 Å². The van der Waals surface area contributed by atoms with Gasteiger partial charge in [0, 0.05) is 11.6 Å². The topological polar surface area (TPSA) is 92.8 Å². The number of rotatable bonds is 7. The SMILES string of the molecule is CCC[C@]1(C(=O)OCC)N[C@H](c2cccc(F)c2)[C@@H]2C(=O)N(c3cccc(C(C)=O)c3)C(=O)[C@H]21. The predicted octanol–water partition coefficient (Wildman–Crippen LogP) is 3.58. The molecule has 0 aliphatic carbocycles. The van der Waals surface area contributed by atoms with Crippen LogP contribution < -0.4 is 10.2 Å². The van der Waals surface area contributed by atoms with E-state index in [1.807, 2.05) is 6.92 Å². The number of hydrogen-bond acceptors (Lipinski definition) is 6. The summed E-state index contributed by atoms with van der Waals surface area (Å²) in [7, 11) is 0. The van der Waals surface area contributed by atoms with Crippen LogP contribution in [0.5, 0.6) is 0 Å². The predicted molar refractivity (Wildman–Crippen MR) is 122 cm³/mol. The molecule has 2 amide bonds. The van der Waals surface area contributed by atoms with E-state index in [4.69, 9.17) is 4.74 Å². The first-order chi connectivity index (χ1) is 16.2. The molecule has 2 aliphatic rings. The molecule has 2 fully saturated rings. The van der Waals surface area contributed by atoms with Gasteiger partial charge >= 0.3 is 5.97 Å². The highest BCUT2D eigenvalue weighted by molar-refractivity contribution is 6.24. The van der Waals surface area contributed by atoms with Crippen molar-refractivity contribution in [3.05, 3.63) is 65.5 Å². The lowest BCUT2D eigenvalue weighted by Gasteiger charge is -2.32. The van der Waals surface area contributed by atoms with Gasteiger partial charge in [-0.2, -0.15) is 0 Å². The van der Waals surface area contributed by atoms with Crippen LogP contribution in [-0.2, 0) is 19.1 Å². The molecule has 1 N–H and O–H groups in total. The van der Waals surface area contributed by atoms with Crippen LogP contribution >= 0.6 is 0 Å². The van der Waals surface area contributed by atoms with Gasteiger partial charge in [0.25, 0.3) is 0 Å². The van der Waals surface area contributed by atoms with E-state index in [1.165, 1.54) is 31.2 Å². The maximum Gasteiger partial charge on any atom is 0.327 e. The second kappa shape index (κ2) is 9.10. The monoisotopic (exact) mass is 466 g/mol. The summed E-state index contributed by atoms with van der Waals surface area (Å²) in [5.41, 5.74) is -0.339. The Morgan fingerprint density at radius 1 is 1.09 bits per heavy atom. The molecule has 8 heteroatoms. The summed E-state index contributed by atoms with van der Waals surface area (Å²) in [4.78, 5) is 53.8. The Morgan fingerprint density at radius 2 is 1.82 bits per heavy atom. The van der Waals surface area contributed by atoms with Gasteiger partial charge in [0.15, 0.2) is 5.78 Å². The van der Waals surface area contributed by atoms with Crippen LogP contribution in [0.15, 0.2) is 48.5 Å². The average molecular weight is 467 g/mol. The largest absolute Gasteiger partial charge is 0.465 e. The van der Waals surface area contributed by atoms with Gasteiger partial charge in [-0.25, -0.2) is 9.29 Å². The molecule has 178 valence electrons. The number of anilines is 1. The van der Waals surface area contributed by atoms with Gasteiger partial charge < -0.3 is 4.74 Å². The van der Waals surface area contributed by atoms with E-state index in [9.17, 15) is 23.6 Å². The number of halogens is 1. The lowest BCUT2D eigenvalue weighted by Crippen LogP contribution is -2.56. The third kappa shape index (κ3) is 3.72. The fraction of sp³-hybridized carbons (Fsp3) is 0.385. The van der Waals surface area contributed by atoms with E-state index in [2.05, 4.69) is 5.32 Å². The van der Waals surface area contributed by atoms with Crippen LogP contribution in [0.3, 0.4) is 0 Å². The number of Topliss-reactive ketones (excluding diaryl/α,β-unsaturated/α-hetero) is 1. The zero-order valence-electron chi connectivity index (χ0n) is 19.3. The zero-order valence-corrected chi connectivity index (χ0v) is 19.3. The lowest BCUT2D eigenvalue weighted by molar-refractivity contribution is -0.155. The molecule has 2 heterocycles. The Labute approximate surface area is 197 Å². The van der Waals surface area contributed by atoms with Gasteiger partial charge in [0.2, 0.25) is 11.8 Å². The molecular formula is C26H27FN2O5. The normalized spacial score (nSPS) is 26.0. The van der Waals surface area contributed by atoms with E-state index in [1.54, 1.807) is 31.2 Å². The molecule has 2 aromatic rings. The molecule has 0 unspecified atom stereocenters. The molecule has 7 nitrogen and oxygen atoms in total. The summed E-state index contributed by atoms with van der Waals surface area (Å²) in [6.45, 7) is 5.07. The molecule has 0 saturated carbocycles. The number of esters is 1. The van der Waals surface area contributed by atoms with Crippen LogP contribution in [0.25, 0.3) is 0 Å². The highest BCUT2D eigenvalue weighted by Crippen LogP contribution is 2.51. The minimum atomic E-state index is -1.44. The molecule has 34 heavy (non-hydrogen) atoms. The molecule has 4 atom stereocenters. The van der Waals surface area contributed by atoms with Crippen molar-refractivity contribution in [3.63, 3.8) is 0 Å². The second-order valence-electron chi connectivity index (χ2n) is 8.74. The summed E-state index contributed by atoms with van der Waals surface area (Å²) >= 11 is 0. The maximum absolute atomic E-state index is 14.1. The standard InChI is InChI=1S/C26H27FN2O5/c1-4-12-26(25(33)34-5-2)21-20(22(28-26)17-9-6-10-18(27)13-17)23(31)29(24(21)32)19-11-7-8-16(14-19)15(3)30/h6-11,13-14,20-22,28H,4-5,12H2,1-3H3/t20-,21+,22-,26+/m1/s1. The minimum Gasteiger partial charge on any atom is -0.465 e. The van der Waals surface area contributed by atoms with Gasteiger partial charge in [-0.3, -0.25) is 24.5 Å². The molecule has 0 bridgehead atoms. The number of amides is 2. The second-order valence-corrected chi connectivity index (χ2v) is 8.74. The van der Waals surface area contributed by atoms with Crippen LogP contribution in [0, 0.1) is 17.7 Å². The molecule has 0 aromatic heterocycles. The third-order valence-electron chi connectivity index (χ3n) is 6.66. The molecule has 2 aliphatic heterocycles. The van der Waals surface area contributed by atoms with Crippen LogP contribution in [0.2, 0.25) is 0 Å². The molecule has 0 spiro atoms.